The van der Waals surface area contributed by atoms with Crippen molar-refractivity contribution >= 4 is 29.3 Å². The van der Waals surface area contributed by atoms with Crippen molar-refractivity contribution in [3.05, 3.63) is 54.4 Å². The number of hydrogen-bond donors (Lipinski definition) is 1. The molecular weight excluding hydrogens is 322 g/mol. The van der Waals surface area contributed by atoms with E-state index in [0.29, 0.717) is 18.8 Å². The maximum Gasteiger partial charge on any atom is 0.234 e. The van der Waals surface area contributed by atoms with E-state index in [9.17, 15) is 9.59 Å². The summed E-state index contributed by atoms with van der Waals surface area (Å²) in [6, 6.07) is 11.3. The lowest BCUT2D eigenvalue weighted by Gasteiger charge is -2.19. The van der Waals surface area contributed by atoms with E-state index >= 15 is 0 Å². The molecule has 24 heavy (non-hydrogen) atoms. The van der Waals surface area contributed by atoms with E-state index in [1.165, 1.54) is 11.8 Å². The Bertz CT molecular complexity index is 692. The molecule has 1 aromatic carbocycles. The third-order valence-corrected chi connectivity index (χ3v) is 4.44. The van der Waals surface area contributed by atoms with E-state index in [-0.39, 0.29) is 11.8 Å². The molecule has 0 bridgehead atoms. The smallest absolute Gasteiger partial charge is 0.234 e. The molecule has 0 aliphatic carbocycles. The number of nitrogens with one attached hydrogen (secondary N) is 1. The van der Waals surface area contributed by atoms with Crippen LogP contribution in [0.1, 0.15) is 19.4 Å². The maximum atomic E-state index is 12.1. The molecule has 2 aromatic rings. The fourth-order valence-electron chi connectivity index (χ4n) is 2.19. The van der Waals surface area contributed by atoms with Gasteiger partial charge in [0.05, 0.1) is 5.75 Å². The number of amides is 2. The van der Waals surface area contributed by atoms with Gasteiger partial charge in [0.15, 0.2) is 0 Å². The molecule has 0 unspecified atom stereocenters. The lowest BCUT2D eigenvalue weighted by atomic mass is 10.2. The number of carbonyl (C=O) groups is 2. The van der Waals surface area contributed by atoms with Crippen molar-refractivity contribution in [3.63, 3.8) is 0 Å². The average Bonchev–Trinajstić information content (AvgIpc) is 2.59. The molecule has 0 saturated heterocycles. The first kappa shape index (κ1) is 18.0. The molecule has 0 aliphatic rings. The molecule has 1 heterocycles. The Labute approximate surface area is 146 Å². The highest BCUT2D eigenvalue weighted by atomic mass is 32.2. The van der Waals surface area contributed by atoms with Crippen LogP contribution in [0.25, 0.3) is 0 Å². The van der Waals surface area contributed by atoms with Crippen molar-refractivity contribution in [2.24, 2.45) is 0 Å². The predicted octanol–water partition coefficient (Wildman–Crippen LogP) is 3.18. The number of thioether (sulfide) groups is 1. The van der Waals surface area contributed by atoms with Crippen molar-refractivity contribution in [1.29, 1.82) is 0 Å². The Morgan fingerprint density at radius 3 is 2.62 bits per heavy atom. The zero-order chi connectivity index (χ0) is 17.4. The second kappa shape index (κ2) is 9.08. The zero-order valence-corrected chi connectivity index (χ0v) is 14.7. The van der Waals surface area contributed by atoms with Crippen LogP contribution >= 0.6 is 11.8 Å². The molecule has 0 aliphatic heterocycles. The van der Waals surface area contributed by atoms with Crippen molar-refractivity contribution in [2.45, 2.75) is 25.3 Å². The Kier molecular flexibility index (Phi) is 6.81. The summed E-state index contributed by atoms with van der Waals surface area (Å²) in [7, 11) is 0. The van der Waals surface area contributed by atoms with Gasteiger partial charge in [-0.1, -0.05) is 12.1 Å². The second-order valence-electron chi connectivity index (χ2n) is 5.25. The molecule has 126 valence electrons. The summed E-state index contributed by atoms with van der Waals surface area (Å²) < 4.78 is 0. The van der Waals surface area contributed by atoms with Gasteiger partial charge in [0.25, 0.3) is 0 Å². The molecule has 2 rings (SSSR count). The summed E-state index contributed by atoms with van der Waals surface area (Å²) in [5, 5.41) is 2.89. The molecule has 0 spiro atoms. The fraction of sp³-hybridized carbons (Fsp3) is 0.278. The molecule has 0 saturated carbocycles. The standard InChI is InChI=1S/C18H21N3O2S/c1-3-21(14(2)22)12-15-5-4-6-16(11-15)20-18(23)13-24-17-7-9-19-10-8-17/h4-11H,3,12-13H2,1-2H3,(H,20,23). The van der Waals surface area contributed by atoms with Crippen molar-refractivity contribution in [1.82, 2.24) is 9.88 Å². The minimum atomic E-state index is -0.0622. The number of pyridine rings is 1. The van der Waals surface area contributed by atoms with E-state index in [4.69, 9.17) is 0 Å². The summed E-state index contributed by atoms with van der Waals surface area (Å²) >= 11 is 1.47. The summed E-state index contributed by atoms with van der Waals surface area (Å²) in [6.07, 6.45) is 3.41. The number of benzene rings is 1. The van der Waals surface area contributed by atoms with Gasteiger partial charge in [-0.3, -0.25) is 14.6 Å². The van der Waals surface area contributed by atoms with Crippen molar-refractivity contribution < 1.29 is 9.59 Å². The highest BCUT2D eigenvalue weighted by molar-refractivity contribution is 8.00. The number of rotatable bonds is 7. The van der Waals surface area contributed by atoms with Gasteiger partial charge in [-0.15, -0.1) is 11.8 Å². The first-order chi connectivity index (χ1) is 11.6. The van der Waals surface area contributed by atoms with Gasteiger partial charge in [-0.2, -0.15) is 0 Å². The van der Waals surface area contributed by atoms with Crippen molar-refractivity contribution in [2.75, 3.05) is 17.6 Å². The molecule has 0 atom stereocenters. The number of hydrogen-bond acceptors (Lipinski definition) is 4. The minimum absolute atomic E-state index is 0.0423. The third-order valence-electron chi connectivity index (χ3n) is 3.43. The maximum absolute atomic E-state index is 12.1. The number of carbonyl (C=O) groups excluding carboxylic acids is 2. The molecule has 0 fully saturated rings. The van der Waals surface area contributed by atoms with Crippen LogP contribution < -0.4 is 5.32 Å². The minimum Gasteiger partial charge on any atom is -0.339 e. The molecule has 5 nitrogen and oxygen atoms in total. The van der Waals surface area contributed by atoms with Crippen molar-refractivity contribution in [3.8, 4) is 0 Å². The van der Waals surface area contributed by atoms with Gasteiger partial charge in [0.1, 0.15) is 0 Å². The van der Waals surface area contributed by atoms with Gasteiger partial charge < -0.3 is 10.2 Å². The average molecular weight is 343 g/mol. The van der Waals surface area contributed by atoms with E-state index < -0.39 is 0 Å². The van der Waals surface area contributed by atoms with Crippen LogP contribution in [0.3, 0.4) is 0 Å². The second-order valence-corrected chi connectivity index (χ2v) is 6.30. The largest absolute Gasteiger partial charge is 0.339 e. The quantitative estimate of drug-likeness (QED) is 0.784. The Balaban J connectivity index is 1.91. The zero-order valence-electron chi connectivity index (χ0n) is 13.9. The van der Waals surface area contributed by atoms with Gasteiger partial charge in [0.2, 0.25) is 11.8 Å². The summed E-state index contributed by atoms with van der Waals surface area (Å²) in [5.41, 5.74) is 1.74. The summed E-state index contributed by atoms with van der Waals surface area (Å²) in [4.78, 5) is 30.3. The lowest BCUT2D eigenvalue weighted by molar-refractivity contribution is -0.129. The van der Waals surface area contributed by atoms with E-state index in [1.54, 1.807) is 24.2 Å². The van der Waals surface area contributed by atoms with E-state index in [1.807, 2.05) is 43.3 Å². The third kappa shape index (κ3) is 5.70. The fourth-order valence-corrected chi connectivity index (χ4v) is 2.88. The van der Waals surface area contributed by atoms with Crippen LogP contribution in [0.2, 0.25) is 0 Å². The predicted molar refractivity (Wildman–Crippen MR) is 96.8 cm³/mol. The highest BCUT2D eigenvalue weighted by Crippen LogP contribution is 2.17. The molecule has 6 heteroatoms. The first-order valence-electron chi connectivity index (χ1n) is 7.75. The van der Waals surface area contributed by atoms with Gasteiger partial charge >= 0.3 is 0 Å². The van der Waals surface area contributed by atoms with Gasteiger partial charge in [0, 0.05) is 43.0 Å². The molecule has 2 amide bonds. The number of anilines is 1. The number of aromatic nitrogens is 1. The SMILES string of the molecule is CCN(Cc1cccc(NC(=O)CSc2ccncc2)c1)C(C)=O. The van der Waals surface area contributed by atoms with Gasteiger partial charge in [-0.25, -0.2) is 0 Å². The molecular formula is C18H21N3O2S. The normalized spacial score (nSPS) is 10.2. The van der Waals surface area contributed by atoms with Crippen LogP contribution in [-0.2, 0) is 16.1 Å². The lowest BCUT2D eigenvalue weighted by Crippen LogP contribution is -2.27. The summed E-state index contributed by atoms with van der Waals surface area (Å²) in [5.74, 6) is 0.316. The monoisotopic (exact) mass is 343 g/mol. The van der Waals surface area contributed by atoms with Crippen LogP contribution in [0, 0.1) is 0 Å². The Morgan fingerprint density at radius 2 is 1.96 bits per heavy atom. The first-order valence-corrected chi connectivity index (χ1v) is 8.74. The van der Waals surface area contributed by atoms with Crippen LogP contribution in [0.4, 0.5) is 5.69 Å². The van der Waals surface area contributed by atoms with Crippen LogP contribution in [-0.4, -0.2) is 34.0 Å². The van der Waals surface area contributed by atoms with Crippen LogP contribution in [0.15, 0.2) is 53.7 Å². The number of nitrogens with zero attached hydrogens (tertiary/aromatic N) is 2. The van der Waals surface area contributed by atoms with E-state index in [2.05, 4.69) is 10.3 Å². The van der Waals surface area contributed by atoms with E-state index in [0.717, 1.165) is 16.1 Å². The molecule has 0 radical (unpaired) electrons. The molecule has 1 aromatic heterocycles. The topological polar surface area (TPSA) is 62.3 Å². The Hall–Kier alpha value is -2.34. The highest BCUT2D eigenvalue weighted by Gasteiger charge is 2.08. The van der Waals surface area contributed by atoms with Gasteiger partial charge in [-0.05, 0) is 36.8 Å². The Morgan fingerprint density at radius 1 is 1.21 bits per heavy atom. The van der Waals surface area contributed by atoms with Crippen LogP contribution in [0.5, 0.6) is 0 Å². The molecule has 1 N–H and O–H groups in total. The summed E-state index contributed by atoms with van der Waals surface area (Å²) in [6.45, 7) is 4.71.